The van der Waals surface area contributed by atoms with E-state index in [-0.39, 0.29) is 0 Å². The second-order valence-corrected chi connectivity index (χ2v) is 5.37. The Labute approximate surface area is 101 Å². The molecule has 3 rings (SSSR count). The van der Waals surface area contributed by atoms with Crippen LogP contribution in [0.4, 0.5) is 0 Å². The minimum Gasteiger partial charge on any atom is -0.493 e. The molecule has 2 aliphatic heterocycles. The van der Waals surface area contributed by atoms with Crippen LogP contribution in [0.2, 0.25) is 0 Å². The fourth-order valence-electron chi connectivity index (χ4n) is 2.99. The molecule has 0 bridgehead atoms. The predicted octanol–water partition coefficient (Wildman–Crippen LogP) is 2.09. The summed E-state index contributed by atoms with van der Waals surface area (Å²) in [7, 11) is 0. The number of aliphatic hydroxyl groups is 1. The molecular weight excluding hydrogens is 216 g/mol. The van der Waals surface area contributed by atoms with E-state index in [1.165, 1.54) is 11.1 Å². The molecule has 2 heterocycles. The fourth-order valence-corrected chi connectivity index (χ4v) is 2.99. The van der Waals surface area contributed by atoms with E-state index in [9.17, 15) is 5.11 Å². The molecule has 17 heavy (non-hydrogen) atoms. The second-order valence-electron chi connectivity index (χ2n) is 5.37. The van der Waals surface area contributed by atoms with Gasteiger partial charge in [0.05, 0.1) is 18.8 Å². The van der Waals surface area contributed by atoms with E-state index < -0.39 is 5.60 Å². The van der Waals surface area contributed by atoms with Crippen molar-refractivity contribution in [2.24, 2.45) is 0 Å². The highest BCUT2D eigenvalue weighted by atomic mass is 16.5. The van der Waals surface area contributed by atoms with E-state index in [1.54, 1.807) is 0 Å². The Morgan fingerprint density at radius 2 is 1.59 bits per heavy atom. The molecule has 0 atom stereocenters. The molecule has 1 aromatic rings. The van der Waals surface area contributed by atoms with Crippen LogP contribution in [0.25, 0.3) is 0 Å². The van der Waals surface area contributed by atoms with Crippen LogP contribution >= 0.6 is 0 Å². The highest BCUT2D eigenvalue weighted by Crippen LogP contribution is 2.47. The van der Waals surface area contributed by atoms with Crippen molar-refractivity contribution >= 4 is 0 Å². The van der Waals surface area contributed by atoms with Crippen molar-refractivity contribution in [3.8, 4) is 11.5 Å². The Morgan fingerprint density at radius 1 is 1.00 bits per heavy atom. The maximum absolute atomic E-state index is 10.4. The van der Waals surface area contributed by atoms with Gasteiger partial charge in [-0.3, -0.25) is 0 Å². The lowest BCUT2D eigenvalue weighted by molar-refractivity contribution is 0.0746. The van der Waals surface area contributed by atoms with E-state index in [0.29, 0.717) is 13.2 Å². The average Bonchev–Trinajstić information content (AvgIpc) is 2.83. The van der Waals surface area contributed by atoms with Gasteiger partial charge in [0.15, 0.2) is 0 Å². The number of benzene rings is 1. The van der Waals surface area contributed by atoms with E-state index in [4.69, 9.17) is 9.47 Å². The van der Waals surface area contributed by atoms with Crippen molar-refractivity contribution in [2.75, 3.05) is 13.2 Å². The molecule has 0 spiro atoms. The standard InChI is InChI=1S/C14H18O3/c1-8-9-4-6-17-13(9)11(14(2,3)15)10-5-7-16-12(8)10/h15H,4-7H2,1-3H3. The lowest BCUT2D eigenvalue weighted by Crippen LogP contribution is -2.19. The number of hydrogen-bond acceptors (Lipinski definition) is 3. The first-order valence-electron chi connectivity index (χ1n) is 6.17. The van der Waals surface area contributed by atoms with Crippen LogP contribution in [-0.4, -0.2) is 18.3 Å². The number of fused-ring (bicyclic) bond motifs is 2. The van der Waals surface area contributed by atoms with Crippen LogP contribution in [0.15, 0.2) is 0 Å². The fraction of sp³-hybridized carbons (Fsp3) is 0.571. The van der Waals surface area contributed by atoms with Crippen LogP contribution in [0.5, 0.6) is 11.5 Å². The largest absolute Gasteiger partial charge is 0.493 e. The maximum Gasteiger partial charge on any atom is 0.129 e. The van der Waals surface area contributed by atoms with E-state index in [0.717, 1.165) is 35.5 Å². The predicted molar refractivity (Wildman–Crippen MR) is 64.8 cm³/mol. The summed E-state index contributed by atoms with van der Waals surface area (Å²) in [5.74, 6) is 1.88. The van der Waals surface area contributed by atoms with E-state index in [1.807, 2.05) is 13.8 Å². The van der Waals surface area contributed by atoms with Gasteiger partial charge in [-0.05, 0) is 26.3 Å². The normalized spacial score (nSPS) is 17.4. The van der Waals surface area contributed by atoms with Gasteiger partial charge in [0.1, 0.15) is 11.5 Å². The molecular formula is C14H18O3. The molecule has 0 aliphatic carbocycles. The molecule has 0 saturated carbocycles. The van der Waals surface area contributed by atoms with Crippen molar-refractivity contribution < 1.29 is 14.6 Å². The highest BCUT2D eigenvalue weighted by Gasteiger charge is 2.35. The Morgan fingerprint density at radius 3 is 2.24 bits per heavy atom. The molecule has 1 aromatic carbocycles. The molecule has 0 aromatic heterocycles. The van der Waals surface area contributed by atoms with E-state index in [2.05, 4.69) is 6.92 Å². The van der Waals surface area contributed by atoms with Crippen LogP contribution in [-0.2, 0) is 18.4 Å². The van der Waals surface area contributed by atoms with Gasteiger partial charge in [0.25, 0.3) is 0 Å². The van der Waals surface area contributed by atoms with Crippen LogP contribution in [0, 0.1) is 6.92 Å². The molecule has 0 saturated heterocycles. The summed E-state index contributed by atoms with van der Waals surface area (Å²) in [5.41, 5.74) is 3.60. The first-order valence-corrected chi connectivity index (χ1v) is 6.17. The van der Waals surface area contributed by atoms with Gasteiger partial charge >= 0.3 is 0 Å². The van der Waals surface area contributed by atoms with Gasteiger partial charge in [-0.15, -0.1) is 0 Å². The molecule has 1 N–H and O–H groups in total. The second kappa shape index (κ2) is 3.39. The third-order valence-corrected chi connectivity index (χ3v) is 3.68. The zero-order valence-electron chi connectivity index (χ0n) is 10.6. The van der Waals surface area contributed by atoms with Gasteiger partial charge in [-0.25, -0.2) is 0 Å². The third kappa shape index (κ3) is 1.45. The van der Waals surface area contributed by atoms with E-state index >= 15 is 0 Å². The van der Waals surface area contributed by atoms with Crippen molar-refractivity contribution in [3.63, 3.8) is 0 Å². The topological polar surface area (TPSA) is 38.7 Å². The average molecular weight is 234 g/mol. The van der Waals surface area contributed by atoms with Crippen LogP contribution in [0.1, 0.15) is 36.1 Å². The Hall–Kier alpha value is -1.22. The zero-order valence-corrected chi connectivity index (χ0v) is 10.6. The summed E-state index contributed by atoms with van der Waals surface area (Å²) in [6.07, 6.45) is 1.78. The number of hydrogen-bond donors (Lipinski definition) is 1. The summed E-state index contributed by atoms with van der Waals surface area (Å²) in [6.45, 7) is 7.15. The highest BCUT2D eigenvalue weighted by molar-refractivity contribution is 5.62. The summed E-state index contributed by atoms with van der Waals surface area (Å²) in [5, 5.41) is 10.4. The molecule has 3 nitrogen and oxygen atoms in total. The van der Waals surface area contributed by atoms with Crippen LogP contribution < -0.4 is 9.47 Å². The van der Waals surface area contributed by atoms with Gasteiger partial charge in [0.2, 0.25) is 0 Å². The smallest absolute Gasteiger partial charge is 0.129 e. The minimum atomic E-state index is -0.875. The lowest BCUT2D eigenvalue weighted by Gasteiger charge is -2.24. The third-order valence-electron chi connectivity index (χ3n) is 3.68. The van der Waals surface area contributed by atoms with Gasteiger partial charge in [0, 0.05) is 29.5 Å². The van der Waals surface area contributed by atoms with Gasteiger partial charge in [-0.1, -0.05) is 0 Å². The molecule has 2 aliphatic rings. The molecule has 92 valence electrons. The monoisotopic (exact) mass is 234 g/mol. The number of ether oxygens (including phenoxy) is 2. The molecule has 0 amide bonds. The molecule has 3 heteroatoms. The molecule has 0 fully saturated rings. The first kappa shape index (κ1) is 10.9. The quantitative estimate of drug-likeness (QED) is 0.808. The van der Waals surface area contributed by atoms with Gasteiger partial charge < -0.3 is 14.6 Å². The Balaban J connectivity index is 2.34. The van der Waals surface area contributed by atoms with Crippen molar-refractivity contribution in [1.82, 2.24) is 0 Å². The minimum absolute atomic E-state index is 0.710. The Kier molecular flexibility index (Phi) is 2.17. The molecule has 0 radical (unpaired) electrons. The SMILES string of the molecule is Cc1c2c(c(C(C)(C)O)c3c1OCC3)OCC2. The van der Waals surface area contributed by atoms with Crippen molar-refractivity contribution in [3.05, 3.63) is 22.3 Å². The Bertz CT molecular complexity index is 448. The summed E-state index contributed by atoms with van der Waals surface area (Å²) >= 11 is 0. The maximum atomic E-state index is 10.4. The van der Waals surface area contributed by atoms with Crippen molar-refractivity contribution in [1.29, 1.82) is 0 Å². The first-order chi connectivity index (χ1) is 8.00. The van der Waals surface area contributed by atoms with Crippen LogP contribution in [0.3, 0.4) is 0 Å². The van der Waals surface area contributed by atoms with Crippen molar-refractivity contribution in [2.45, 2.75) is 39.2 Å². The zero-order chi connectivity index (χ0) is 12.2. The van der Waals surface area contributed by atoms with Gasteiger partial charge in [-0.2, -0.15) is 0 Å². The summed E-state index contributed by atoms with van der Waals surface area (Å²) in [6, 6.07) is 0. The lowest BCUT2D eigenvalue weighted by atomic mass is 9.86. The summed E-state index contributed by atoms with van der Waals surface area (Å²) in [4.78, 5) is 0. The molecule has 0 unspecified atom stereocenters. The number of rotatable bonds is 1. The summed E-state index contributed by atoms with van der Waals surface area (Å²) < 4.78 is 11.5.